The van der Waals surface area contributed by atoms with Crippen LogP contribution >= 0.6 is 0 Å². The number of aromatic nitrogens is 5. The third kappa shape index (κ3) is 4.08. The molecular weight excluding hydrogens is 471 g/mol. The van der Waals surface area contributed by atoms with Crippen LogP contribution in [0, 0.1) is 12.7 Å². The van der Waals surface area contributed by atoms with E-state index in [9.17, 15) is 14.3 Å². The molecule has 3 heterocycles. The number of carbonyl (C=O) groups excluding carboxylic acids is 1. The van der Waals surface area contributed by atoms with Crippen molar-refractivity contribution in [2.45, 2.75) is 31.7 Å². The maximum Gasteiger partial charge on any atom is 0.253 e. The molecule has 37 heavy (non-hydrogen) atoms. The third-order valence-corrected chi connectivity index (χ3v) is 6.75. The zero-order valence-electron chi connectivity index (χ0n) is 20.0. The van der Waals surface area contributed by atoms with Crippen molar-refractivity contribution in [3.8, 4) is 23.0 Å². The first-order valence-electron chi connectivity index (χ1n) is 12.0. The number of hydrogen-bond donors (Lipinski definition) is 2. The Bertz CT molecular complexity index is 1630. The van der Waals surface area contributed by atoms with Crippen molar-refractivity contribution in [2.75, 3.05) is 0 Å². The molecule has 0 radical (unpaired) electrons. The third-order valence-electron chi connectivity index (χ3n) is 6.75. The Labute approximate surface area is 211 Å². The standard InChI is InChI=1S/C28H23FN6O2/c1-16-9-10-22(31-15-16)27-34-33-26(35(27)23-8-3-2-7-21(23)29)17-13-18(14-17)32-28(37)20-6-4-5-19-24(36)11-12-30-25(19)20/h2-12,15,17-18H,13-14H2,1H3,(H,30,36)(H,32,37)/t17-,18-. The number of amides is 1. The molecule has 8 nitrogen and oxygen atoms in total. The second kappa shape index (κ2) is 9.09. The van der Waals surface area contributed by atoms with E-state index in [1.165, 1.54) is 18.3 Å². The van der Waals surface area contributed by atoms with E-state index < -0.39 is 0 Å². The molecule has 5 aromatic rings. The number of aryl methyl sites for hydroxylation is 1. The van der Waals surface area contributed by atoms with Gasteiger partial charge in [0.05, 0.1) is 16.8 Å². The smallest absolute Gasteiger partial charge is 0.253 e. The lowest BCUT2D eigenvalue weighted by molar-refractivity contribution is 0.0908. The van der Waals surface area contributed by atoms with Crippen LogP contribution in [0.25, 0.3) is 28.1 Å². The summed E-state index contributed by atoms with van der Waals surface area (Å²) in [5, 5.41) is 22.5. The number of fused-ring (bicyclic) bond motifs is 1. The molecule has 1 aliphatic carbocycles. The summed E-state index contributed by atoms with van der Waals surface area (Å²) in [6.07, 6.45) is 4.47. The Morgan fingerprint density at radius 1 is 1.03 bits per heavy atom. The number of carbonyl (C=O) groups is 1. The molecule has 1 aliphatic rings. The zero-order valence-corrected chi connectivity index (χ0v) is 20.0. The van der Waals surface area contributed by atoms with Gasteiger partial charge in [0.15, 0.2) is 5.82 Å². The summed E-state index contributed by atoms with van der Waals surface area (Å²) < 4.78 is 16.6. The molecule has 184 valence electrons. The van der Waals surface area contributed by atoms with E-state index in [0.717, 1.165) is 5.56 Å². The predicted octanol–water partition coefficient (Wildman–Crippen LogP) is 4.71. The van der Waals surface area contributed by atoms with Gasteiger partial charge in [0.2, 0.25) is 0 Å². The minimum absolute atomic E-state index is 0.0220. The van der Waals surface area contributed by atoms with E-state index in [4.69, 9.17) is 0 Å². The highest BCUT2D eigenvalue weighted by Crippen LogP contribution is 2.39. The summed E-state index contributed by atoms with van der Waals surface area (Å²) in [5.74, 6) is 0.514. The van der Waals surface area contributed by atoms with Crippen molar-refractivity contribution in [1.82, 2.24) is 30.0 Å². The zero-order chi connectivity index (χ0) is 25.5. The minimum atomic E-state index is -0.382. The van der Waals surface area contributed by atoms with E-state index in [0.29, 0.717) is 52.3 Å². The molecule has 9 heteroatoms. The van der Waals surface area contributed by atoms with Crippen molar-refractivity contribution in [2.24, 2.45) is 0 Å². The minimum Gasteiger partial charge on any atom is -0.507 e. The summed E-state index contributed by atoms with van der Waals surface area (Å²) >= 11 is 0. The van der Waals surface area contributed by atoms with Gasteiger partial charge in [-0.25, -0.2) is 4.39 Å². The topological polar surface area (TPSA) is 106 Å². The fourth-order valence-electron chi connectivity index (χ4n) is 4.75. The van der Waals surface area contributed by atoms with Crippen LogP contribution in [0.3, 0.4) is 0 Å². The highest BCUT2D eigenvalue weighted by atomic mass is 19.1. The molecule has 0 saturated heterocycles. The number of benzene rings is 2. The predicted molar refractivity (Wildman–Crippen MR) is 136 cm³/mol. The monoisotopic (exact) mass is 494 g/mol. The number of pyridine rings is 2. The number of rotatable bonds is 5. The molecular formula is C28H23FN6O2. The Kier molecular flexibility index (Phi) is 5.60. The van der Waals surface area contributed by atoms with Crippen LogP contribution in [0.5, 0.6) is 5.75 Å². The number of aromatic hydroxyl groups is 1. The molecule has 2 aromatic carbocycles. The highest BCUT2D eigenvalue weighted by molar-refractivity contribution is 6.06. The van der Waals surface area contributed by atoms with Gasteiger partial charge in [0, 0.05) is 29.7 Å². The van der Waals surface area contributed by atoms with Gasteiger partial charge in [-0.15, -0.1) is 10.2 Å². The quantitative estimate of drug-likeness (QED) is 0.367. The number of para-hydroxylation sites is 2. The van der Waals surface area contributed by atoms with E-state index in [1.807, 2.05) is 19.1 Å². The normalized spacial score (nSPS) is 16.9. The van der Waals surface area contributed by atoms with Crippen LogP contribution in [0.1, 0.15) is 40.5 Å². The van der Waals surface area contributed by atoms with Crippen LogP contribution < -0.4 is 5.32 Å². The van der Waals surface area contributed by atoms with Crippen molar-refractivity contribution < 1.29 is 14.3 Å². The first-order valence-corrected chi connectivity index (χ1v) is 12.0. The molecule has 0 aliphatic heterocycles. The maximum absolute atomic E-state index is 14.9. The van der Waals surface area contributed by atoms with Crippen molar-refractivity contribution in [3.63, 3.8) is 0 Å². The molecule has 0 atom stereocenters. The number of nitrogens with zero attached hydrogens (tertiary/aromatic N) is 5. The number of nitrogens with one attached hydrogen (secondary N) is 1. The van der Waals surface area contributed by atoms with E-state index in [1.54, 1.807) is 47.2 Å². The van der Waals surface area contributed by atoms with Crippen LogP contribution in [0.4, 0.5) is 4.39 Å². The van der Waals surface area contributed by atoms with Gasteiger partial charge in [-0.05, 0) is 61.7 Å². The fourth-order valence-corrected chi connectivity index (χ4v) is 4.75. The fraction of sp³-hybridized carbons (Fsp3) is 0.179. The Balaban J connectivity index is 1.26. The molecule has 1 fully saturated rings. The van der Waals surface area contributed by atoms with Crippen LogP contribution in [-0.4, -0.2) is 41.8 Å². The first kappa shape index (κ1) is 22.8. The van der Waals surface area contributed by atoms with Crippen LogP contribution in [-0.2, 0) is 0 Å². The summed E-state index contributed by atoms with van der Waals surface area (Å²) in [7, 11) is 0. The average molecular weight is 495 g/mol. The van der Waals surface area contributed by atoms with Gasteiger partial charge in [0.1, 0.15) is 23.1 Å². The molecule has 1 saturated carbocycles. The van der Waals surface area contributed by atoms with Gasteiger partial charge in [0.25, 0.3) is 5.91 Å². The molecule has 0 bridgehead atoms. The van der Waals surface area contributed by atoms with Crippen LogP contribution in [0.2, 0.25) is 0 Å². The van der Waals surface area contributed by atoms with Crippen molar-refractivity contribution >= 4 is 16.8 Å². The number of halogens is 1. The maximum atomic E-state index is 14.9. The first-order chi connectivity index (χ1) is 18.0. The molecule has 1 amide bonds. The van der Waals surface area contributed by atoms with Crippen molar-refractivity contribution in [1.29, 1.82) is 0 Å². The van der Waals surface area contributed by atoms with Gasteiger partial charge in [-0.3, -0.25) is 19.3 Å². The Morgan fingerprint density at radius 2 is 1.86 bits per heavy atom. The molecule has 2 N–H and O–H groups in total. The largest absolute Gasteiger partial charge is 0.507 e. The second-order valence-electron chi connectivity index (χ2n) is 9.26. The van der Waals surface area contributed by atoms with E-state index in [-0.39, 0.29) is 29.4 Å². The Hall–Kier alpha value is -4.66. The molecule has 6 rings (SSSR count). The summed E-state index contributed by atoms with van der Waals surface area (Å²) in [6, 6.07) is 16.8. The SMILES string of the molecule is Cc1ccc(-c2nnc([C@H]3C[C@H](NC(=O)c4cccc5c(O)ccnc45)C3)n2-c2ccccc2F)nc1. The van der Waals surface area contributed by atoms with Gasteiger partial charge < -0.3 is 10.4 Å². The van der Waals surface area contributed by atoms with E-state index in [2.05, 4.69) is 25.5 Å². The molecule has 0 spiro atoms. The summed E-state index contributed by atoms with van der Waals surface area (Å²) in [5.41, 5.74) is 2.82. The number of hydrogen-bond acceptors (Lipinski definition) is 6. The van der Waals surface area contributed by atoms with Gasteiger partial charge in [-0.2, -0.15) is 0 Å². The second-order valence-corrected chi connectivity index (χ2v) is 9.26. The molecule has 0 unspecified atom stereocenters. The summed E-state index contributed by atoms with van der Waals surface area (Å²) in [6.45, 7) is 1.95. The lowest BCUT2D eigenvalue weighted by Gasteiger charge is -2.35. The van der Waals surface area contributed by atoms with Crippen LogP contribution in [0.15, 0.2) is 73.1 Å². The van der Waals surface area contributed by atoms with Gasteiger partial charge >= 0.3 is 0 Å². The Morgan fingerprint density at radius 3 is 2.65 bits per heavy atom. The lowest BCUT2D eigenvalue weighted by Crippen LogP contribution is -2.44. The summed E-state index contributed by atoms with van der Waals surface area (Å²) in [4.78, 5) is 21.8. The average Bonchev–Trinajstić information content (AvgIpc) is 3.30. The van der Waals surface area contributed by atoms with Gasteiger partial charge in [-0.1, -0.05) is 24.3 Å². The molecule has 3 aromatic heterocycles. The lowest BCUT2D eigenvalue weighted by atomic mass is 9.79. The van der Waals surface area contributed by atoms with Crippen molar-refractivity contribution in [3.05, 3.63) is 95.8 Å². The van der Waals surface area contributed by atoms with E-state index >= 15 is 0 Å². The highest BCUT2D eigenvalue weighted by Gasteiger charge is 2.36.